The molecule has 2 amide bonds. The molecule has 0 aromatic heterocycles. The second kappa shape index (κ2) is 10.6. The van der Waals surface area contributed by atoms with Crippen molar-refractivity contribution < 1.29 is 19.1 Å². The van der Waals surface area contributed by atoms with E-state index in [1.807, 2.05) is 55.5 Å². The Hall–Kier alpha value is -3.06. The Labute approximate surface area is 177 Å². The standard InChI is InChI=1S/C23H29N3O4/c1-3-30-20-10-6-18(7-11-20)16-26-13-12-24-23(28)21(26)14-22(27)25-15-17-4-8-19(29-2)9-5-17/h4-11,21H,3,12-16H2,1-2H3,(H,24,28)(H,25,27). The van der Waals surface area contributed by atoms with Gasteiger partial charge in [0.05, 0.1) is 26.2 Å². The van der Waals surface area contributed by atoms with Crippen molar-refractivity contribution in [3.63, 3.8) is 0 Å². The summed E-state index contributed by atoms with van der Waals surface area (Å²) in [4.78, 5) is 27.0. The molecular weight excluding hydrogens is 382 g/mol. The Morgan fingerprint density at radius 1 is 1.10 bits per heavy atom. The lowest BCUT2D eigenvalue weighted by atomic mass is 10.1. The number of methoxy groups -OCH3 is 1. The molecule has 2 N–H and O–H groups in total. The first kappa shape index (κ1) is 21.6. The summed E-state index contributed by atoms with van der Waals surface area (Å²) >= 11 is 0. The van der Waals surface area contributed by atoms with E-state index in [0.717, 1.165) is 22.6 Å². The van der Waals surface area contributed by atoms with Crippen LogP contribution in [0.5, 0.6) is 11.5 Å². The van der Waals surface area contributed by atoms with Gasteiger partial charge in [-0.25, -0.2) is 0 Å². The quantitative estimate of drug-likeness (QED) is 0.661. The summed E-state index contributed by atoms with van der Waals surface area (Å²) in [5.74, 6) is 1.34. The Balaban J connectivity index is 1.56. The van der Waals surface area contributed by atoms with E-state index in [4.69, 9.17) is 9.47 Å². The second-order valence-corrected chi connectivity index (χ2v) is 7.18. The second-order valence-electron chi connectivity index (χ2n) is 7.18. The summed E-state index contributed by atoms with van der Waals surface area (Å²) in [7, 11) is 1.62. The number of hydrogen-bond acceptors (Lipinski definition) is 5. The summed E-state index contributed by atoms with van der Waals surface area (Å²) in [6.45, 7) is 4.88. The zero-order chi connectivity index (χ0) is 21.3. The van der Waals surface area contributed by atoms with Crippen molar-refractivity contribution in [2.45, 2.75) is 32.5 Å². The smallest absolute Gasteiger partial charge is 0.237 e. The number of hydrogen-bond donors (Lipinski definition) is 2. The van der Waals surface area contributed by atoms with Crippen LogP contribution in [0.15, 0.2) is 48.5 Å². The maximum Gasteiger partial charge on any atom is 0.237 e. The van der Waals surface area contributed by atoms with Crippen LogP contribution in [0.1, 0.15) is 24.5 Å². The summed E-state index contributed by atoms with van der Waals surface area (Å²) in [5.41, 5.74) is 2.06. The van der Waals surface area contributed by atoms with Crippen molar-refractivity contribution in [1.82, 2.24) is 15.5 Å². The van der Waals surface area contributed by atoms with Crippen LogP contribution in [0, 0.1) is 0 Å². The van der Waals surface area contributed by atoms with E-state index in [9.17, 15) is 9.59 Å². The molecule has 1 heterocycles. The molecule has 1 unspecified atom stereocenters. The minimum atomic E-state index is -0.485. The van der Waals surface area contributed by atoms with Crippen molar-refractivity contribution in [3.05, 3.63) is 59.7 Å². The molecule has 160 valence electrons. The molecule has 2 aromatic carbocycles. The number of benzene rings is 2. The van der Waals surface area contributed by atoms with Gasteiger partial charge in [-0.1, -0.05) is 24.3 Å². The van der Waals surface area contributed by atoms with Gasteiger partial charge >= 0.3 is 0 Å². The fourth-order valence-electron chi connectivity index (χ4n) is 3.46. The van der Waals surface area contributed by atoms with Gasteiger partial charge < -0.3 is 20.1 Å². The fraction of sp³-hybridized carbons (Fsp3) is 0.391. The molecule has 0 bridgehead atoms. The molecule has 1 aliphatic rings. The topological polar surface area (TPSA) is 79.9 Å². The molecule has 3 rings (SSSR count). The van der Waals surface area contributed by atoms with Gasteiger partial charge in [0.15, 0.2) is 0 Å². The van der Waals surface area contributed by atoms with E-state index in [-0.39, 0.29) is 18.2 Å². The first-order valence-electron chi connectivity index (χ1n) is 10.2. The van der Waals surface area contributed by atoms with Crippen LogP contribution < -0.4 is 20.1 Å². The summed E-state index contributed by atoms with van der Waals surface area (Å²) in [6, 6.07) is 14.9. The number of amides is 2. The van der Waals surface area contributed by atoms with Crippen molar-refractivity contribution in [3.8, 4) is 11.5 Å². The van der Waals surface area contributed by atoms with Gasteiger partial charge in [0.25, 0.3) is 0 Å². The van der Waals surface area contributed by atoms with Crippen LogP contribution in [0.2, 0.25) is 0 Å². The van der Waals surface area contributed by atoms with Crippen LogP contribution in [0.25, 0.3) is 0 Å². The Morgan fingerprint density at radius 2 is 1.77 bits per heavy atom. The lowest BCUT2D eigenvalue weighted by molar-refractivity contribution is -0.134. The van der Waals surface area contributed by atoms with Crippen molar-refractivity contribution in [2.24, 2.45) is 0 Å². The van der Waals surface area contributed by atoms with E-state index in [2.05, 4.69) is 15.5 Å². The molecule has 1 atom stereocenters. The van der Waals surface area contributed by atoms with E-state index >= 15 is 0 Å². The summed E-state index contributed by atoms with van der Waals surface area (Å²) < 4.78 is 10.6. The third kappa shape index (κ3) is 5.97. The lowest BCUT2D eigenvalue weighted by Gasteiger charge is -2.34. The number of carbonyl (C=O) groups is 2. The molecule has 1 aliphatic heterocycles. The van der Waals surface area contributed by atoms with Crippen LogP contribution in [-0.4, -0.2) is 49.6 Å². The van der Waals surface area contributed by atoms with Crippen LogP contribution in [0.4, 0.5) is 0 Å². The molecular formula is C23H29N3O4. The average molecular weight is 412 g/mol. The van der Waals surface area contributed by atoms with E-state index in [0.29, 0.717) is 32.8 Å². The molecule has 1 saturated heterocycles. The van der Waals surface area contributed by atoms with E-state index in [1.165, 1.54) is 0 Å². The van der Waals surface area contributed by atoms with Gasteiger partial charge in [-0.15, -0.1) is 0 Å². The zero-order valence-electron chi connectivity index (χ0n) is 17.5. The first-order chi connectivity index (χ1) is 14.6. The predicted octanol–water partition coefficient (Wildman–Crippen LogP) is 2.10. The van der Waals surface area contributed by atoms with E-state index < -0.39 is 6.04 Å². The monoisotopic (exact) mass is 411 g/mol. The molecule has 7 nitrogen and oxygen atoms in total. The fourth-order valence-corrected chi connectivity index (χ4v) is 3.46. The van der Waals surface area contributed by atoms with Gasteiger partial charge in [-0.2, -0.15) is 0 Å². The minimum absolute atomic E-state index is 0.105. The minimum Gasteiger partial charge on any atom is -0.497 e. The Kier molecular flexibility index (Phi) is 7.68. The summed E-state index contributed by atoms with van der Waals surface area (Å²) in [6.07, 6.45) is 0.124. The number of piperazine rings is 1. The number of nitrogens with zero attached hydrogens (tertiary/aromatic N) is 1. The Bertz CT molecular complexity index is 837. The normalized spacial score (nSPS) is 16.6. The highest BCUT2D eigenvalue weighted by molar-refractivity contribution is 5.88. The molecule has 2 aromatic rings. The molecule has 0 aliphatic carbocycles. The third-order valence-electron chi connectivity index (χ3n) is 5.09. The molecule has 30 heavy (non-hydrogen) atoms. The summed E-state index contributed by atoms with van der Waals surface area (Å²) in [5, 5.41) is 5.78. The van der Waals surface area contributed by atoms with Crippen molar-refractivity contribution in [2.75, 3.05) is 26.8 Å². The Morgan fingerprint density at radius 3 is 2.43 bits per heavy atom. The predicted molar refractivity (Wildman–Crippen MR) is 114 cm³/mol. The first-order valence-corrected chi connectivity index (χ1v) is 10.2. The number of ether oxygens (including phenoxy) is 2. The molecule has 0 saturated carbocycles. The SMILES string of the molecule is CCOc1ccc(CN2CCNC(=O)C2CC(=O)NCc2ccc(OC)cc2)cc1. The van der Waals surface area contributed by atoms with Crippen molar-refractivity contribution in [1.29, 1.82) is 0 Å². The van der Waals surface area contributed by atoms with Gasteiger partial charge in [0.2, 0.25) is 11.8 Å². The molecule has 7 heteroatoms. The molecule has 0 spiro atoms. The highest BCUT2D eigenvalue weighted by Gasteiger charge is 2.31. The van der Waals surface area contributed by atoms with Gasteiger partial charge in [-0.3, -0.25) is 14.5 Å². The number of rotatable bonds is 9. The van der Waals surface area contributed by atoms with Gasteiger partial charge in [0.1, 0.15) is 11.5 Å². The largest absolute Gasteiger partial charge is 0.497 e. The van der Waals surface area contributed by atoms with Gasteiger partial charge in [-0.05, 0) is 42.3 Å². The zero-order valence-corrected chi connectivity index (χ0v) is 17.5. The van der Waals surface area contributed by atoms with E-state index in [1.54, 1.807) is 7.11 Å². The van der Waals surface area contributed by atoms with Crippen LogP contribution in [0.3, 0.4) is 0 Å². The third-order valence-corrected chi connectivity index (χ3v) is 5.09. The van der Waals surface area contributed by atoms with Crippen molar-refractivity contribution >= 4 is 11.8 Å². The number of carbonyl (C=O) groups excluding carboxylic acids is 2. The lowest BCUT2D eigenvalue weighted by Crippen LogP contribution is -2.56. The maximum absolute atomic E-state index is 12.5. The average Bonchev–Trinajstić information content (AvgIpc) is 2.76. The van der Waals surface area contributed by atoms with Crippen LogP contribution in [-0.2, 0) is 22.7 Å². The maximum atomic E-state index is 12.5. The van der Waals surface area contributed by atoms with Crippen LogP contribution >= 0.6 is 0 Å². The number of nitrogens with one attached hydrogen (secondary N) is 2. The van der Waals surface area contributed by atoms with Gasteiger partial charge in [0, 0.05) is 26.2 Å². The highest BCUT2D eigenvalue weighted by atomic mass is 16.5. The highest BCUT2D eigenvalue weighted by Crippen LogP contribution is 2.17. The molecule has 0 radical (unpaired) electrons. The molecule has 1 fully saturated rings.